The van der Waals surface area contributed by atoms with Crippen LogP contribution in [0.4, 0.5) is 0 Å². The van der Waals surface area contributed by atoms with Gasteiger partial charge in [-0.3, -0.25) is 9.36 Å². The molecule has 0 saturated heterocycles. The van der Waals surface area contributed by atoms with Gasteiger partial charge >= 0.3 is 5.97 Å². The maximum Gasteiger partial charge on any atom is 0.338 e. The summed E-state index contributed by atoms with van der Waals surface area (Å²) in [5.74, 6) is 0.824. The van der Waals surface area contributed by atoms with Crippen LogP contribution in [0.15, 0.2) is 94.2 Å². The van der Waals surface area contributed by atoms with Crippen molar-refractivity contribution >= 4 is 29.1 Å². The van der Waals surface area contributed by atoms with Gasteiger partial charge < -0.3 is 14.2 Å². The molecule has 1 aromatic heterocycles. The molecule has 0 N–H and O–H groups in total. The van der Waals surface area contributed by atoms with Gasteiger partial charge in [0.25, 0.3) is 5.56 Å². The van der Waals surface area contributed by atoms with Gasteiger partial charge in [-0.05, 0) is 48.4 Å². The number of esters is 1. The zero-order valence-corrected chi connectivity index (χ0v) is 22.0. The lowest BCUT2D eigenvalue weighted by Gasteiger charge is -2.26. The third-order valence-corrected chi connectivity index (χ3v) is 7.18. The van der Waals surface area contributed by atoms with Gasteiger partial charge in [0.05, 0.1) is 42.7 Å². The van der Waals surface area contributed by atoms with Crippen LogP contribution in [0.5, 0.6) is 11.5 Å². The Kier molecular flexibility index (Phi) is 7.24. The smallest absolute Gasteiger partial charge is 0.338 e. The van der Waals surface area contributed by atoms with Crippen LogP contribution < -0.4 is 24.4 Å². The van der Waals surface area contributed by atoms with Crippen LogP contribution in [0, 0.1) is 0 Å². The van der Waals surface area contributed by atoms with Gasteiger partial charge in [-0.1, -0.05) is 65.9 Å². The van der Waals surface area contributed by atoms with Crippen LogP contribution in [0.3, 0.4) is 0 Å². The van der Waals surface area contributed by atoms with Crippen molar-refractivity contribution in [2.24, 2.45) is 4.99 Å². The molecule has 0 aliphatic carbocycles. The fourth-order valence-corrected chi connectivity index (χ4v) is 5.42. The third kappa shape index (κ3) is 4.78. The van der Waals surface area contributed by atoms with Crippen molar-refractivity contribution in [2.75, 3.05) is 20.8 Å². The molecule has 7 nitrogen and oxygen atoms in total. The highest BCUT2D eigenvalue weighted by atomic mass is 32.1. The van der Waals surface area contributed by atoms with Crippen LogP contribution in [0.2, 0.25) is 0 Å². The highest BCUT2D eigenvalue weighted by Crippen LogP contribution is 2.36. The first-order chi connectivity index (χ1) is 18.5. The van der Waals surface area contributed by atoms with E-state index in [4.69, 9.17) is 19.2 Å². The number of rotatable bonds is 7. The van der Waals surface area contributed by atoms with Gasteiger partial charge in [-0.25, -0.2) is 9.79 Å². The molecule has 0 spiro atoms. The zero-order chi connectivity index (χ0) is 26.6. The Bertz CT molecular complexity index is 1690. The molecule has 0 fully saturated rings. The van der Waals surface area contributed by atoms with Crippen molar-refractivity contribution in [1.29, 1.82) is 0 Å². The van der Waals surface area contributed by atoms with Crippen LogP contribution in [0.1, 0.15) is 29.7 Å². The molecule has 8 heteroatoms. The number of carbonyl (C=O) groups is 1. The summed E-state index contributed by atoms with van der Waals surface area (Å²) < 4.78 is 18.3. The number of thiazole rings is 1. The lowest BCUT2D eigenvalue weighted by atomic mass is 9.93. The summed E-state index contributed by atoms with van der Waals surface area (Å²) >= 11 is 1.28. The first-order valence-corrected chi connectivity index (χ1v) is 12.9. The number of fused-ring (bicyclic) bond motifs is 1. The first-order valence-electron chi connectivity index (χ1n) is 12.1. The second kappa shape index (κ2) is 10.9. The molecular formula is C30H26N2O5S. The molecule has 38 heavy (non-hydrogen) atoms. The molecule has 1 unspecified atom stereocenters. The summed E-state index contributed by atoms with van der Waals surface area (Å²) in [6.45, 7) is 1.95. The Morgan fingerprint density at radius 3 is 2.39 bits per heavy atom. The summed E-state index contributed by atoms with van der Waals surface area (Å²) in [6.07, 6.45) is 1.82. The van der Waals surface area contributed by atoms with Gasteiger partial charge in [0.15, 0.2) is 4.80 Å². The van der Waals surface area contributed by atoms with E-state index < -0.39 is 12.0 Å². The molecule has 1 aliphatic rings. The standard InChI is InChI=1S/C30H26N2O5S/c1-4-37-29(34)25-26(20-9-6-5-7-10-20)31-30-32(27(25)21-11-8-12-23(18-21)36-3)28(33)24(38-30)17-19-13-15-22(35-2)16-14-19/h5-18,27H,4H2,1-3H3/b24-17-. The number of ether oxygens (including phenoxy) is 3. The van der Waals surface area contributed by atoms with Crippen LogP contribution >= 0.6 is 11.3 Å². The van der Waals surface area contributed by atoms with Crippen LogP contribution in [-0.4, -0.2) is 31.4 Å². The number of hydrogen-bond acceptors (Lipinski definition) is 7. The van der Waals surface area contributed by atoms with Crippen molar-refractivity contribution < 1.29 is 19.0 Å². The van der Waals surface area contributed by atoms with Crippen molar-refractivity contribution in [3.63, 3.8) is 0 Å². The molecule has 0 radical (unpaired) electrons. The lowest BCUT2D eigenvalue weighted by molar-refractivity contribution is -0.138. The SMILES string of the molecule is CCOC(=O)C1=C(c2ccccc2)N=c2s/c(=C\c3ccc(OC)cc3)c(=O)n2C1c1cccc(OC)c1. The van der Waals surface area contributed by atoms with Gasteiger partial charge in [-0.2, -0.15) is 0 Å². The van der Waals surface area contributed by atoms with E-state index in [2.05, 4.69) is 0 Å². The quantitative estimate of drug-likeness (QED) is 0.341. The van der Waals surface area contributed by atoms with E-state index in [-0.39, 0.29) is 12.2 Å². The molecule has 0 bridgehead atoms. The Labute approximate surface area is 223 Å². The number of carbonyl (C=O) groups excluding carboxylic acids is 1. The average Bonchev–Trinajstić information content (AvgIpc) is 3.27. The highest BCUT2D eigenvalue weighted by molar-refractivity contribution is 7.07. The second-order valence-electron chi connectivity index (χ2n) is 8.48. The fourth-order valence-electron chi connectivity index (χ4n) is 4.42. The highest BCUT2D eigenvalue weighted by Gasteiger charge is 2.35. The summed E-state index contributed by atoms with van der Waals surface area (Å²) in [5.41, 5.74) is 2.86. The van der Waals surface area contributed by atoms with E-state index in [0.29, 0.717) is 31.9 Å². The maximum absolute atomic E-state index is 13.9. The van der Waals surface area contributed by atoms with Gasteiger partial charge in [-0.15, -0.1) is 0 Å². The fraction of sp³-hybridized carbons (Fsp3) is 0.167. The minimum atomic E-state index is -0.756. The van der Waals surface area contributed by atoms with Crippen LogP contribution in [0.25, 0.3) is 11.8 Å². The molecule has 192 valence electrons. The Hall–Kier alpha value is -4.43. The van der Waals surface area contributed by atoms with Crippen molar-refractivity contribution in [1.82, 2.24) is 4.57 Å². The van der Waals surface area contributed by atoms with Gasteiger partial charge in [0, 0.05) is 5.56 Å². The zero-order valence-electron chi connectivity index (χ0n) is 21.2. The van der Waals surface area contributed by atoms with Gasteiger partial charge in [0.1, 0.15) is 11.5 Å². The van der Waals surface area contributed by atoms with E-state index in [1.54, 1.807) is 25.7 Å². The number of benzene rings is 3. The second-order valence-corrected chi connectivity index (χ2v) is 9.49. The van der Waals surface area contributed by atoms with Gasteiger partial charge in [0.2, 0.25) is 0 Å². The lowest BCUT2D eigenvalue weighted by Crippen LogP contribution is -2.40. The van der Waals surface area contributed by atoms with E-state index in [9.17, 15) is 9.59 Å². The number of aromatic nitrogens is 1. The maximum atomic E-state index is 13.9. The van der Waals surface area contributed by atoms with E-state index in [1.807, 2.05) is 84.9 Å². The first kappa shape index (κ1) is 25.2. The molecule has 2 heterocycles. The minimum Gasteiger partial charge on any atom is -0.497 e. The minimum absolute atomic E-state index is 0.192. The van der Waals surface area contributed by atoms with E-state index in [1.165, 1.54) is 11.3 Å². The molecule has 3 aromatic carbocycles. The Morgan fingerprint density at radius 2 is 1.71 bits per heavy atom. The largest absolute Gasteiger partial charge is 0.497 e. The predicted molar refractivity (Wildman–Crippen MR) is 147 cm³/mol. The summed E-state index contributed by atoms with van der Waals surface area (Å²) in [7, 11) is 3.19. The van der Waals surface area contributed by atoms with E-state index >= 15 is 0 Å². The molecule has 1 aliphatic heterocycles. The monoisotopic (exact) mass is 526 g/mol. The third-order valence-electron chi connectivity index (χ3n) is 6.20. The Balaban J connectivity index is 1.81. The van der Waals surface area contributed by atoms with Crippen LogP contribution in [-0.2, 0) is 9.53 Å². The number of methoxy groups -OCH3 is 2. The van der Waals surface area contributed by atoms with Crippen molar-refractivity contribution in [2.45, 2.75) is 13.0 Å². The molecular weight excluding hydrogens is 500 g/mol. The summed E-state index contributed by atoms with van der Waals surface area (Å²) in [4.78, 5) is 32.7. The average molecular weight is 527 g/mol. The summed E-state index contributed by atoms with van der Waals surface area (Å²) in [6, 6.07) is 23.5. The normalized spacial score (nSPS) is 15.0. The van der Waals surface area contributed by atoms with Crippen molar-refractivity contribution in [3.8, 4) is 11.5 Å². The number of hydrogen-bond donors (Lipinski definition) is 0. The molecule has 0 amide bonds. The molecule has 0 saturated carbocycles. The topological polar surface area (TPSA) is 79.1 Å². The number of nitrogens with zero attached hydrogens (tertiary/aromatic N) is 2. The molecule has 5 rings (SSSR count). The van der Waals surface area contributed by atoms with Crippen molar-refractivity contribution in [3.05, 3.63) is 121 Å². The van der Waals surface area contributed by atoms with E-state index in [0.717, 1.165) is 16.9 Å². The predicted octanol–water partition coefficient (Wildman–Crippen LogP) is 3.95. The molecule has 1 atom stereocenters. The summed E-state index contributed by atoms with van der Waals surface area (Å²) in [5, 5.41) is 0. The molecule has 4 aromatic rings. The Morgan fingerprint density at radius 1 is 0.974 bits per heavy atom.